The van der Waals surface area contributed by atoms with Crippen molar-refractivity contribution in [2.75, 3.05) is 19.6 Å². The minimum absolute atomic E-state index is 0.0108. The van der Waals surface area contributed by atoms with Crippen LogP contribution in [-0.2, 0) is 17.8 Å². The zero-order valence-electron chi connectivity index (χ0n) is 20.4. The highest BCUT2D eigenvalue weighted by atomic mass is 19.1. The standard InChI is InChI=1S/C27H33F2N3O2/c1-17-5-6-20(14-30-17)25(33)11-21-9-24(28)10-22(19(21)3)16-31-7-8-32(18(2)15-31)26(34)23-12-27(4,29)13-23/h5-6,9-10,14,18,23H,7-8,11-13,15-16H2,1-4H3/t18-,23?,27?/m0/s1. The van der Waals surface area contributed by atoms with Gasteiger partial charge in [0.2, 0.25) is 5.91 Å². The zero-order valence-corrected chi connectivity index (χ0v) is 20.4. The van der Waals surface area contributed by atoms with E-state index in [1.807, 2.05) is 25.7 Å². The van der Waals surface area contributed by atoms with Crippen molar-refractivity contribution in [2.24, 2.45) is 5.92 Å². The highest BCUT2D eigenvalue weighted by Gasteiger charge is 2.46. The van der Waals surface area contributed by atoms with E-state index in [1.165, 1.54) is 12.1 Å². The summed E-state index contributed by atoms with van der Waals surface area (Å²) in [7, 11) is 0. The average Bonchev–Trinajstić information content (AvgIpc) is 2.75. The molecular formula is C27H33F2N3O2. The van der Waals surface area contributed by atoms with E-state index >= 15 is 0 Å². The number of hydrogen-bond donors (Lipinski definition) is 0. The summed E-state index contributed by atoms with van der Waals surface area (Å²) in [5, 5.41) is 0. The zero-order chi connectivity index (χ0) is 24.6. The Kier molecular flexibility index (Phi) is 6.85. The number of carbonyl (C=O) groups excluding carboxylic acids is 2. The molecule has 0 bridgehead atoms. The Morgan fingerprint density at radius 3 is 2.47 bits per heavy atom. The number of carbonyl (C=O) groups is 2. The molecule has 5 nitrogen and oxygen atoms in total. The van der Waals surface area contributed by atoms with E-state index in [0.717, 1.165) is 16.8 Å². The summed E-state index contributed by atoms with van der Waals surface area (Å²) in [4.78, 5) is 33.8. The lowest BCUT2D eigenvalue weighted by molar-refractivity contribution is -0.148. The largest absolute Gasteiger partial charge is 0.337 e. The van der Waals surface area contributed by atoms with Crippen LogP contribution in [-0.4, -0.2) is 57.8 Å². The van der Waals surface area contributed by atoms with E-state index in [0.29, 0.717) is 50.1 Å². The lowest BCUT2D eigenvalue weighted by Crippen LogP contribution is -2.57. The van der Waals surface area contributed by atoms with Gasteiger partial charge in [0.25, 0.3) is 0 Å². The van der Waals surface area contributed by atoms with Gasteiger partial charge in [0.15, 0.2) is 5.78 Å². The smallest absolute Gasteiger partial charge is 0.226 e. The maximum Gasteiger partial charge on any atom is 0.226 e. The van der Waals surface area contributed by atoms with Gasteiger partial charge in [-0.3, -0.25) is 19.5 Å². The molecule has 0 unspecified atom stereocenters. The molecular weight excluding hydrogens is 436 g/mol. The third-order valence-corrected chi connectivity index (χ3v) is 7.25. The van der Waals surface area contributed by atoms with Crippen LogP contribution in [0, 0.1) is 25.6 Å². The minimum Gasteiger partial charge on any atom is -0.337 e. The van der Waals surface area contributed by atoms with Crippen molar-refractivity contribution in [3.05, 3.63) is 64.2 Å². The molecule has 0 radical (unpaired) electrons. The summed E-state index contributed by atoms with van der Waals surface area (Å²) in [6, 6.07) is 6.53. The van der Waals surface area contributed by atoms with Crippen molar-refractivity contribution in [2.45, 2.75) is 65.2 Å². The first-order valence-corrected chi connectivity index (χ1v) is 12.0. The summed E-state index contributed by atoms with van der Waals surface area (Å²) in [6.45, 7) is 9.84. The molecule has 4 rings (SSSR count). The molecule has 1 saturated carbocycles. The topological polar surface area (TPSA) is 53.5 Å². The fourth-order valence-corrected chi connectivity index (χ4v) is 5.17. The van der Waals surface area contributed by atoms with Gasteiger partial charge in [-0.25, -0.2) is 8.78 Å². The number of nitrogens with zero attached hydrogens (tertiary/aromatic N) is 3. The molecule has 34 heavy (non-hydrogen) atoms. The number of pyridine rings is 1. The second kappa shape index (κ2) is 9.53. The Balaban J connectivity index is 1.40. The van der Waals surface area contributed by atoms with Gasteiger partial charge in [0.05, 0.1) is 0 Å². The van der Waals surface area contributed by atoms with E-state index < -0.39 is 5.67 Å². The third kappa shape index (κ3) is 5.35. The van der Waals surface area contributed by atoms with E-state index in [9.17, 15) is 18.4 Å². The number of amides is 1. The van der Waals surface area contributed by atoms with Gasteiger partial charge in [-0.05, 0) is 81.5 Å². The predicted molar refractivity (Wildman–Crippen MR) is 127 cm³/mol. The first kappa shape index (κ1) is 24.5. The molecule has 1 aromatic heterocycles. The summed E-state index contributed by atoms with van der Waals surface area (Å²) < 4.78 is 28.3. The highest BCUT2D eigenvalue weighted by molar-refractivity contribution is 5.97. The van der Waals surface area contributed by atoms with Crippen molar-refractivity contribution in [3.8, 4) is 0 Å². The number of alkyl halides is 1. The lowest BCUT2D eigenvalue weighted by Gasteiger charge is -2.45. The van der Waals surface area contributed by atoms with Crippen LogP contribution in [0.1, 0.15) is 59.4 Å². The van der Waals surface area contributed by atoms with Crippen LogP contribution in [0.25, 0.3) is 0 Å². The summed E-state index contributed by atoms with van der Waals surface area (Å²) in [5.74, 6) is -0.603. The van der Waals surface area contributed by atoms with Crippen molar-refractivity contribution in [1.29, 1.82) is 0 Å². The van der Waals surface area contributed by atoms with E-state index in [-0.39, 0.29) is 35.9 Å². The molecule has 1 aliphatic heterocycles. The number of ketones is 1. The second-order valence-corrected chi connectivity index (χ2v) is 10.3. The number of rotatable bonds is 6. The summed E-state index contributed by atoms with van der Waals surface area (Å²) in [5.41, 5.74) is 2.59. The monoisotopic (exact) mass is 469 g/mol. The van der Waals surface area contributed by atoms with Crippen molar-refractivity contribution < 1.29 is 18.4 Å². The predicted octanol–water partition coefficient (Wildman–Crippen LogP) is 4.43. The maximum absolute atomic E-state index is 14.5. The molecule has 0 N–H and O–H groups in total. The summed E-state index contributed by atoms with van der Waals surface area (Å²) >= 11 is 0. The van der Waals surface area contributed by atoms with E-state index in [2.05, 4.69) is 9.88 Å². The number of aromatic nitrogens is 1. The molecule has 0 spiro atoms. The normalized spacial score (nSPS) is 25.2. The Morgan fingerprint density at radius 1 is 1.15 bits per heavy atom. The number of benzene rings is 1. The molecule has 1 amide bonds. The van der Waals surface area contributed by atoms with Crippen LogP contribution >= 0.6 is 0 Å². The molecule has 1 saturated heterocycles. The van der Waals surface area contributed by atoms with E-state index in [4.69, 9.17) is 0 Å². The molecule has 2 aliphatic rings. The number of aryl methyl sites for hydroxylation is 1. The van der Waals surface area contributed by atoms with Gasteiger partial charge in [-0.1, -0.05) is 0 Å². The fourth-order valence-electron chi connectivity index (χ4n) is 5.17. The number of hydrogen-bond acceptors (Lipinski definition) is 4. The van der Waals surface area contributed by atoms with Crippen LogP contribution in [0.3, 0.4) is 0 Å². The van der Waals surface area contributed by atoms with Crippen molar-refractivity contribution in [3.63, 3.8) is 0 Å². The van der Waals surface area contributed by atoms with Gasteiger partial charge < -0.3 is 4.90 Å². The Labute approximate surface area is 200 Å². The lowest BCUT2D eigenvalue weighted by atomic mass is 9.72. The molecule has 2 aromatic rings. The van der Waals surface area contributed by atoms with Crippen LogP contribution in [0.4, 0.5) is 8.78 Å². The SMILES string of the molecule is Cc1ccc(C(=O)Cc2cc(F)cc(CN3CCN(C(=O)C4CC(C)(F)C4)[C@@H](C)C3)c2C)cn1. The Bertz CT molecular complexity index is 1080. The second-order valence-electron chi connectivity index (χ2n) is 10.3. The third-order valence-electron chi connectivity index (χ3n) is 7.25. The van der Waals surface area contributed by atoms with Gasteiger partial charge in [-0.15, -0.1) is 0 Å². The molecule has 2 heterocycles. The van der Waals surface area contributed by atoms with Crippen LogP contribution in [0.2, 0.25) is 0 Å². The quantitative estimate of drug-likeness (QED) is 0.588. The molecule has 7 heteroatoms. The number of halogens is 2. The van der Waals surface area contributed by atoms with Crippen LogP contribution in [0.15, 0.2) is 30.5 Å². The highest BCUT2D eigenvalue weighted by Crippen LogP contribution is 2.42. The Hall–Kier alpha value is -2.67. The number of Topliss-reactive ketones (excluding diaryl/α,β-unsaturated/α-hetero) is 1. The van der Waals surface area contributed by atoms with Crippen LogP contribution in [0.5, 0.6) is 0 Å². The Morgan fingerprint density at radius 2 is 1.85 bits per heavy atom. The molecule has 1 aromatic carbocycles. The van der Waals surface area contributed by atoms with Gasteiger partial charge in [-0.2, -0.15) is 0 Å². The first-order chi connectivity index (χ1) is 16.0. The summed E-state index contributed by atoms with van der Waals surface area (Å²) in [6.07, 6.45) is 2.30. The minimum atomic E-state index is -1.21. The van der Waals surface area contributed by atoms with Gasteiger partial charge >= 0.3 is 0 Å². The molecule has 182 valence electrons. The maximum atomic E-state index is 14.5. The fraction of sp³-hybridized carbons (Fsp3) is 0.519. The van der Waals surface area contributed by atoms with E-state index in [1.54, 1.807) is 25.3 Å². The van der Waals surface area contributed by atoms with Crippen molar-refractivity contribution in [1.82, 2.24) is 14.8 Å². The molecule has 1 aliphatic carbocycles. The van der Waals surface area contributed by atoms with Gasteiger partial charge in [0.1, 0.15) is 11.5 Å². The molecule has 2 fully saturated rings. The molecule has 1 atom stereocenters. The first-order valence-electron chi connectivity index (χ1n) is 12.0. The van der Waals surface area contributed by atoms with Gasteiger partial charge in [0, 0.05) is 62.0 Å². The van der Waals surface area contributed by atoms with Crippen LogP contribution < -0.4 is 0 Å². The van der Waals surface area contributed by atoms with Crippen molar-refractivity contribution >= 4 is 11.7 Å². The number of piperazine rings is 1. The average molecular weight is 470 g/mol.